The van der Waals surface area contributed by atoms with Crippen LogP contribution in [0.4, 0.5) is 0 Å². The van der Waals surface area contributed by atoms with Crippen molar-refractivity contribution in [2.24, 2.45) is 0 Å². The normalized spacial score (nSPS) is 15.4. The fourth-order valence-corrected chi connectivity index (χ4v) is 3.58. The molecule has 0 saturated carbocycles. The summed E-state index contributed by atoms with van der Waals surface area (Å²) < 4.78 is 2.09. The van der Waals surface area contributed by atoms with E-state index in [0.29, 0.717) is 19.6 Å². The van der Waals surface area contributed by atoms with E-state index in [4.69, 9.17) is 0 Å². The number of benzene rings is 2. The zero-order chi connectivity index (χ0) is 18.1. The van der Waals surface area contributed by atoms with Gasteiger partial charge in [-0.1, -0.05) is 54.6 Å². The fourth-order valence-electron chi connectivity index (χ4n) is 3.58. The summed E-state index contributed by atoms with van der Waals surface area (Å²) in [6, 6.07) is 16.9. The van der Waals surface area contributed by atoms with E-state index in [9.17, 15) is 9.90 Å². The summed E-state index contributed by atoms with van der Waals surface area (Å²) >= 11 is 0. The van der Waals surface area contributed by atoms with Crippen LogP contribution in [0.2, 0.25) is 0 Å². The molecule has 6 heteroatoms. The molecule has 0 spiro atoms. The van der Waals surface area contributed by atoms with Gasteiger partial charge in [0, 0.05) is 18.7 Å². The summed E-state index contributed by atoms with van der Waals surface area (Å²) in [7, 11) is 0. The molecule has 132 valence electrons. The van der Waals surface area contributed by atoms with Crippen molar-refractivity contribution in [1.29, 1.82) is 0 Å². The molecule has 0 radical (unpaired) electrons. The van der Waals surface area contributed by atoms with Gasteiger partial charge in [0.1, 0.15) is 11.9 Å². The summed E-state index contributed by atoms with van der Waals surface area (Å²) in [5.41, 5.74) is 2.83. The van der Waals surface area contributed by atoms with E-state index in [0.717, 1.165) is 28.3 Å². The SMILES string of the molecule is Cc1ccccc1C(C(=O)O)N1CCn2c(nnc2-c2ccccc2)C1. The van der Waals surface area contributed by atoms with Gasteiger partial charge in [-0.2, -0.15) is 0 Å². The predicted octanol–water partition coefficient (Wildman–Crippen LogP) is 2.90. The second-order valence-electron chi connectivity index (χ2n) is 6.53. The van der Waals surface area contributed by atoms with E-state index < -0.39 is 12.0 Å². The number of nitrogens with zero attached hydrogens (tertiary/aromatic N) is 4. The van der Waals surface area contributed by atoms with E-state index in [1.54, 1.807) is 0 Å². The Balaban J connectivity index is 1.65. The van der Waals surface area contributed by atoms with E-state index in [1.807, 2.05) is 66.4 Å². The monoisotopic (exact) mass is 348 g/mol. The molecule has 6 nitrogen and oxygen atoms in total. The molecular weight excluding hydrogens is 328 g/mol. The molecule has 0 saturated heterocycles. The number of aliphatic carboxylic acids is 1. The number of aromatic nitrogens is 3. The molecule has 0 bridgehead atoms. The minimum atomic E-state index is -0.837. The Labute approximate surface area is 151 Å². The van der Waals surface area contributed by atoms with Crippen molar-refractivity contribution in [3.8, 4) is 11.4 Å². The van der Waals surface area contributed by atoms with Gasteiger partial charge in [0.15, 0.2) is 5.82 Å². The van der Waals surface area contributed by atoms with E-state index in [1.165, 1.54) is 0 Å². The molecule has 2 aromatic carbocycles. The third-order valence-corrected chi connectivity index (χ3v) is 4.90. The first kappa shape index (κ1) is 16.5. The Morgan fingerprint density at radius 3 is 2.50 bits per heavy atom. The van der Waals surface area contributed by atoms with Crippen LogP contribution in [0.25, 0.3) is 11.4 Å². The van der Waals surface area contributed by atoms with Crippen LogP contribution in [0.5, 0.6) is 0 Å². The van der Waals surface area contributed by atoms with Crippen molar-refractivity contribution >= 4 is 5.97 Å². The molecule has 26 heavy (non-hydrogen) atoms. The maximum absolute atomic E-state index is 12.0. The van der Waals surface area contributed by atoms with Gasteiger partial charge in [0.05, 0.1) is 6.54 Å². The molecule has 1 aromatic heterocycles. The third kappa shape index (κ3) is 2.88. The van der Waals surface area contributed by atoms with E-state index in [2.05, 4.69) is 14.8 Å². The average molecular weight is 348 g/mol. The molecule has 1 N–H and O–H groups in total. The highest BCUT2D eigenvalue weighted by atomic mass is 16.4. The number of hydrogen-bond acceptors (Lipinski definition) is 4. The van der Waals surface area contributed by atoms with Crippen LogP contribution in [-0.4, -0.2) is 37.3 Å². The lowest BCUT2D eigenvalue weighted by Gasteiger charge is -2.33. The number of fused-ring (bicyclic) bond motifs is 1. The first-order valence-electron chi connectivity index (χ1n) is 8.65. The molecule has 3 aromatic rings. The summed E-state index contributed by atoms with van der Waals surface area (Å²) in [4.78, 5) is 14.0. The lowest BCUT2D eigenvalue weighted by atomic mass is 9.99. The Kier molecular flexibility index (Phi) is 4.26. The minimum absolute atomic E-state index is 0.463. The highest BCUT2D eigenvalue weighted by Crippen LogP contribution is 2.29. The van der Waals surface area contributed by atoms with Crippen molar-refractivity contribution < 1.29 is 9.90 Å². The molecule has 2 heterocycles. The largest absolute Gasteiger partial charge is 0.480 e. The number of carboxylic acids is 1. The van der Waals surface area contributed by atoms with Crippen LogP contribution >= 0.6 is 0 Å². The number of rotatable bonds is 4. The maximum atomic E-state index is 12.0. The van der Waals surface area contributed by atoms with Gasteiger partial charge >= 0.3 is 5.97 Å². The van der Waals surface area contributed by atoms with E-state index in [-0.39, 0.29) is 0 Å². The van der Waals surface area contributed by atoms with Crippen LogP contribution < -0.4 is 0 Å². The smallest absolute Gasteiger partial charge is 0.325 e. The molecule has 4 rings (SSSR count). The quantitative estimate of drug-likeness (QED) is 0.785. The first-order valence-corrected chi connectivity index (χ1v) is 8.65. The molecule has 1 unspecified atom stereocenters. The molecule has 0 aliphatic carbocycles. The van der Waals surface area contributed by atoms with Gasteiger partial charge in [-0.15, -0.1) is 10.2 Å². The van der Waals surface area contributed by atoms with Gasteiger partial charge in [-0.3, -0.25) is 9.69 Å². The van der Waals surface area contributed by atoms with Gasteiger partial charge in [0.2, 0.25) is 0 Å². The van der Waals surface area contributed by atoms with E-state index >= 15 is 0 Å². The molecule has 0 amide bonds. The second kappa shape index (κ2) is 6.72. The van der Waals surface area contributed by atoms with Gasteiger partial charge in [-0.05, 0) is 18.1 Å². The van der Waals surface area contributed by atoms with Gasteiger partial charge < -0.3 is 9.67 Å². The first-order chi connectivity index (χ1) is 12.6. The second-order valence-corrected chi connectivity index (χ2v) is 6.53. The molecule has 1 aliphatic heterocycles. The lowest BCUT2D eigenvalue weighted by Crippen LogP contribution is -2.40. The summed E-state index contributed by atoms with van der Waals surface area (Å²) in [6.07, 6.45) is 0. The van der Waals surface area contributed by atoms with Crippen LogP contribution in [0.1, 0.15) is 23.0 Å². The van der Waals surface area contributed by atoms with Crippen molar-refractivity contribution in [1.82, 2.24) is 19.7 Å². The maximum Gasteiger partial charge on any atom is 0.325 e. The fraction of sp³-hybridized carbons (Fsp3) is 0.250. The zero-order valence-electron chi connectivity index (χ0n) is 14.5. The van der Waals surface area contributed by atoms with Crippen molar-refractivity contribution in [3.63, 3.8) is 0 Å². The number of carbonyl (C=O) groups is 1. The predicted molar refractivity (Wildman–Crippen MR) is 97.4 cm³/mol. The topological polar surface area (TPSA) is 71.2 Å². The molecule has 1 aliphatic rings. The Hall–Kier alpha value is -2.99. The van der Waals surface area contributed by atoms with Crippen LogP contribution in [-0.2, 0) is 17.9 Å². The standard InChI is InChI=1S/C20H20N4O2/c1-14-7-5-6-10-16(14)18(20(25)26)23-11-12-24-17(13-23)21-22-19(24)15-8-3-2-4-9-15/h2-10,18H,11-13H2,1H3,(H,25,26). The Morgan fingerprint density at radius 2 is 1.77 bits per heavy atom. The minimum Gasteiger partial charge on any atom is -0.480 e. The highest BCUT2D eigenvalue weighted by molar-refractivity contribution is 5.76. The number of aryl methyl sites for hydroxylation is 1. The zero-order valence-corrected chi connectivity index (χ0v) is 14.5. The molecular formula is C20H20N4O2. The number of carboxylic acid groups (broad SMARTS) is 1. The molecule has 1 atom stereocenters. The average Bonchev–Trinajstić information content (AvgIpc) is 3.07. The van der Waals surface area contributed by atoms with Crippen LogP contribution in [0.3, 0.4) is 0 Å². The highest BCUT2D eigenvalue weighted by Gasteiger charge is 2.32. The van der Waals surface area contributed by atoms with Crippen molar-refractivity contribution in [2.75, 3.05) is 6.54 Å². The van der Waals surface area contributed by atoms with Crippen molar-refractivity contribution in [3.05, 3.63) is 71.5 Å². The number of hydrogen-bond donors (Lipinski definition) is 1. The summed E-state index contributed by atoms with van der Waals surface area (Å²) in [6.45, 7) is 3.72. The molecule has 0 fully saturated rings. The van der Waals surface area contributed by atoms with Gasteiger partial charge in [0.25, 0.3) is 0 Å². The van der Waals surface area contributed by atoms with Gasteiger partial charge in [-0.25, -0.2) is 0 Å². The Morgan fingerprint density at radius 1 is 1.04 bits per heavy atom. The summed E-state index contributed by atoms with van der Waals surface area (Å²) in [5.74, 6) is 0.800. The third-order valence-electron chi connectivity index (χ3n) is 4.90. The van der Waals surface area contributed by atoms with Crippen molar-refractivity contribution in [2.45, 2.75) is 26.1 Å². The van der Waals surface area contributed by atoms with Crippen LogP contribution in [0, 0.1) is 6.92 Å². The summed E-state index contributed by atoms with van der Waals surface area (Å²) in [5, 5.41) is 18.5. The van der Waals surface area contributed by atoms with Crippen LogP contribution in [0.15, 0.2) is 54.6 Å². The Bertz CT molecular complexity index is 936. The lowest BCUT2D eigenvalue weighted by molar-refractivity contribution is -0.144.